The number of hydrogen-bond donors (Lipinski definition) is 1. The van der Waals surface area contributed by atoms with E-state index in [1.165, 1.54) is 0 Å². The van der Waals surface area contributed by atoms with Crippen molar-refractivity contribution in [2.75, 3.05) is 11.2 Å². The van der Waals surface area contributed by atoms with Gasteiger partial charge in [-0.15, -0.1) is 16.7 Å². The molecule has 1 heterocycles. The Kier molecular flexibility index (Phi) is 3.28. The number of halogens is 1. The van der Waals surface area contributed by atoms with Crippen LogP contribution in [0.2, 0.25) is 0 Å². The zero-order chi connectivity index (χ0) is 11.6. The molecule has 88 valence electrons. The van der Waals surface area contributed by atoms with Crippen LogP contribution in [-0.4, -0.2) is 26.6 Å². The van der Waals surface area contributed by atoms with Crippen LogP contribution in [0.5, 0.6) is 0 Å². The third-order valence-electron chi connectivity index (χ3n) is 3.00. The summed E-state index contributed by atoms with van der Waals surface area (Å²) in [7, 11) is 0. The topological polar surface area (TPSA) is 50.7 Å². The molecule has 1 fully saturated rings. The minimum absolute atomic E-state index is 0.0297. The van der Waals surface area contributed by atoms with Gasteiger partial charge in [-0.05, 0) is 25.7 Å². The lowest BCUT2D eigenvalue weighted by atomic mass is 10.2. The smallest absolute Gasteiger partial charge is 0.243 e. The van der Waals surface area contributed by atoms with E-state index in [4.69, 9.17) is 11.6 Å². The van der Waals surface area contributed by atoms with Gasteiger partial charge in [-0.3, -0.25) is 0 Å². The predicted molar refractivity (Wildman–Crippen MR) is 64.9 cm³/mol. The van der Waals surface area contributed by atoms with Crippen LogP contribution >= 0.6 is 11.6 Å². The van der Waals surface area contributed by atoms with E-state index in [0.29, 0.717) is 11.8 Å². The summed E-state index contributed by atoms with van der Waals surface area (Å²) in [5.74, 6) is 1.22. The first kappa shape index (κ1) is 11.6. The molecule has 0 radical (unpaired) electrons. The average molecular weight is 241 g/mol. The molecule has 1 aromatic heterocycles. The summed E-state index contributed by atoms with van der Waals surface area (Å²) in [5.41, 5.74) is 2.05. The summed E-state index contributed by atoms with van der Waals surface area (Å²) in [6.45, 7) is 4.15. The largest absolute Gasteiger partial charge is 0.346 e. The Morgan fingerprint density at radius 2 is 1.88 bits per heavy atom. The molecule has 1 aromatic rings. The highest BCUT2D eigenvalue weighted by molar-refractivity contribution is 6.19. The normalized spacial score (nSPS) is 17.2. The number of alkyl halides is 1. The molecule has 0 amide bonds. The van der Waals surface area contributed by atoms with Crippen LogP contribution in [0.3, 0.4) is 0 Å². The Morgan fingerprint density at radius 1 is 1.19 bits per heavy atom. The van der Waals surface area contributed by atoms with Crippen LogP contribution in [0.15, 0.2) is 0 Å². The van der Waals surface area contributed by atoms with Crippen molar-refractivity contribution in [1.82, 2.24) is 15.2 Å². The predicted octanol–water partition coefficient (Wildman–Crippen LogP) is 2.18. The van der Waals surface area contributed by atoms with Crippen LogP contribution < -0.4 is 5.32 Å². The van der Waals surface area contributed by atoms with Gasteiger partial charge in [-0.2, -0.15) is 5.10 Å². The van der Waals surface area contributed by atoms with Crippen LogP contribution in [0.4, 0.5) is 5.95 Å². The van der Waals surface area contributed by atoms with E-state index in [1.54, 1.807) is 0 Å². The van der Waals surface area contributed by atoms with Gasteiger partial charge in [-0.1, -0.05) is 13.8 Å². The van der Waals surface area contributed by atoms with Crippen molar-refractivity contribution in [1.29, 1.82) is 0 Å². The molecule has 0 spiro atoms. The lowest BCUT2D eigenvalue weighted by molar-refractivity contribution is 0.771. The molecule has 1 aliphatic carbocycles. The van der Waals surface area contributed by atoms with Crippen LogP contribution in [0.25, 0.3) is 0 Å². The number of nitrogens with zero attached hydrogens (tertiary/aromatic N) is 3. The van der Waals surface area contributed by atoms with Crippen LogP contribution in [-0.2, 0) is 12.8 Å². The lowest BCUT2D eigenvalue weighted by Gasteiger charge is -2.14. The van der Waals surface area contributed by atoms with Crippen molar-refractivity contribution in [3.63, 3.8) is 0 Å². The molecule has 16 heavy (non-hydrogen) atoms. The highest BCUT2D eigenvalue weighted by Crippen LogP contribution is 2.39. The molecule has 1 aliphatic rings. The SMILES string of the molecule is CCc1nnc(NC2(CCl)CC2)nc1CC. The van der Waals surface area contributed by atoms with Gasteiger partial charge in [0.15, 0.2) is 0 Å². The Bertz CT molecular complexity index is 376. The summed E-state index contributed by atoms with van der Waals surface area (Å²) in [5, 5.41) is 11.6. The maximum Gasteiger partial charge on any atom is 0.243 e. The fourth-order valence-corrected chi connectivity index (χ4v) is 2.01. The van der Waals surface area contributed by atoms with E-state index in [9.17, 15) is 0 Å². The molecule has 4 nitrogen and oxygen atoms in total. The van der Waals surface area contributed by atoms with Crippen LogP contribution in [0.1, 0.15) is 38.1 Å². The van der Waals surface area contributed by atoms with Crippen LogP contribution in [0, 0.1) is 0 Å². The number of aromatic nitrogens is 3. The van der Waals surface area contributed by atoms with E-state index < -0.39 is 0 Å². The second-order valence-corrected chi connectivity index (χ2v) is 4.54. The molecule has 0 unspecified atom stereocenters. The molecular weight excluding hydrogens is 224 g/mol. The standard InChI is InChI=1S/C11H17ClN4/c1-3-8-9(4-2)15-16-10(13-8)14-11(7-12)5-6-11/h3-7H2,1-2H3,(H,13,14,16). The lowest BCUT2D eigenvalue weighted by Crippen LogP contribution is -2.25. The van der Waals surface area contributed by atoms with Gasteiger partial charge in [0.25, 0.3) is 0 Å². The average Bonchev–Trinajstić information content (AvgIpc) is 3.09. The number of hydrogen-bond acceptors (Lipinski definition) is 4. The maximum absolute atomic E-state index is 5.90. The summed E-state index contributed by atoms with van der Waals surface area (Å²) < 4.78 is 0. The third-order valence-corrected chi connectivity index (χ3v) is 3.51. The Balaban J connectivity index is 2.16. The first-order valence-corrected chi connectivity index (χ1v) is 6.33. The van der Waals surface area contributed by atoms with Crippen molar-refractivity contribution in [2.24, 2.45) is 0 Å². The zero-order valence-electron chi connectivity index (χ0n) is 9.76. The van der Waals surface area contributed by atoms with E-state index in [0.717, 1.165) is 37.1 Å². The zero-order valence-corrected chi connectivity index (χ0v) is 10.5. The number of aryl methyl sites for hydroxylation is 2. The van der Waals surface area contributed by atoms with E-state index in [-0.39, 0.29) is 5.54 Å². The second kappa shape index (κ2) is 4.53. The Morgan fingerprint density at radius 3 is 2.38 bits per heavy atom. The minimum Gasteiger partial charge on any atom is -0.346 e. The van der Waals surface area contributed by atoms with Gasteiger partial charge in [0.2, 0.25) is 5.95 Å². The summed E-state index contributed by atoms with van der Waals surface area (Å²) in [4.78, 5) is 4.49. The number of anilines is 1. The second-order valence-electron chi connectivity index (χ2n) is 4.27. The summed E-state index contributed by atoms with van der Waals surface area (Å²) >= 11 is 5.90. The fourth-order valence-electron chi connectivity index (χ4n) is 1.67. The minimum atomic E-state index is 0.0297. The Labute approximate surface area is 101 Å². The maximum atomic E-state index is 5.90. The molecular formula is C11H17ClN4. The number of rotatable bonds is 5. The molecule has 2 rings (SSSR count). The van der Waals surface area contributed by atoms with Gasteiger partial charge < -0.3 is 5.32 Å². The quantitative estimate of drug-likeness (QED) is 0.802. The number of nitrogens with one attached hydrogen (secondary N) is 1. The first-order chi connectivity index (χ1) is 7.73. The van der Waals surface area contributed by atoms with Gasteiger partial charge in [0, 0.05) is 5.88 Å². The van der Waals surface area contributed by atoms with Crippen molar-refractivity contribution in [3.05, 3.63) is 11.4 Å². The third kappa shape index (κ3) is 2.26. The molecule has 0 saturated heterocycles. The van der Waals surface area contributed by atoms with Gasteiger partial charge in [-0.25, -0.2) is 4.98 Å². The van der Waals surface area contributed by atoms with Gasteiger partial charge >= 0.3 is 0 Å². The molecule has 1 saturated carbocycles. The fraction of sp³-hybridized carbons (Fsp3) is 0.727. The van der Waals surface area contributed by atoms with Gasteiger partial charge in [0.05, 0.1) is 16.9 Å². The molecule has 0 aliphatic heterocycles. The summed E-state index contributed by atoms with van der Waals surface area (Å²) in [6.07, 6.45) is 3.96. The van der Waals surface area contributed by atoms with Crippen molar-refractivity contribution >= 4 is 17.5 Å². The molecule has 1 N–H and O–H groups in total. The monoisotopic (exact) mass is 240 g/mol. The molecule has 5 heteroatoms. The molecule has 0 aromatic carbocycles. The molecule has 0 bridgehead atoms. The first-order valence-electron chi connectivity index (χ1n) is 5.79. The molecule has 0 atom stereocenters. The van der Waals surface area contributed by atoms with E-state index >= 15 is 0 Å². The van der Waals surface area contributed by atoms with Crippen molar-refractivity contribution in [2.45, 2.75) is 45.1 Å². The van der Waals surface area contributed by atoms with Crippen molar-refractivity contribution < 1.29 is 0 Å². The van der Waals surface area contributed by atoms with Crippen molar-refractivity contribution in [3.8, 4) is 0 Å². The van der Waals surface area contributed by atoms with E-state index in [1.807, 2.05) is 0 Å². The highest BCUT2D eigenvalue weighted by Gasteiger charge is 2.42. The Hall–Kier alpha value is -0.900. The van der Waals surface area contributed by atoms with E-state index in [2.05, 4.69) is 34.3 Å². The summed E-state index contributed by atoms with van der Waals surface area (Å²) in [6, 6.07) is 0. The highest BCUT2D eigenvalue weighted by atomic mass is 35.5. The van der Waals surface area contributed by atoms with Gasteiger partial charge in [0.1, 0.15) is 0 Å².